The highest BCUT2D eigenvalue weighted by Gasteiger charge is 2.50. The second kappa shape index (κ2) is 15.9. The topological polar surface area (TPSA) is 174 Å². The van der Waals surface area contributed by atoms with E-state index in [1.54, 1.807) is 59.8 Å². The average molecular weight is 775 g/mol. The predicted octanol–water partition coefficient (Wildman–Crippen LogP) is 4.19. The fourth-order valence-electron chi connectivity index (χ4n) is 6.07. The molecule has 2 aromatic carbocycles. The SMILES string of the molecule is COc1cc(-c2ccc(N3CCCN(c4ccc(-c5cc(OC)c(OC)c(OC)c5)cn4)C(OS(C)(=O)=O)(OS(C)(=O)=O)C3)nc2)cc(OC)c1OC. The van der Waals surface area contributed by atoms with Gasteiger partial charge in [-0.3, -0.25) is 0 Å². The Labute approximate surface area is 309 Å². The molecule has 1 fully saturated rings. The first kappa shape index (κ1) is 39.2. The van der Waals surface area contributed by atoms with Crippen molar-refractivity contribution in [2.45, 2.75) is 12.3 Å². The fraction of sp³-hybridized carbons (Fsp3) is 0.371. The molecule has 0 saturated carbocycles. The maximum absolute atomic E-state index is 12.8. The Balaban J connectivity index is 1.54. The van der Waals surface area contributed by atoms with Crippen LogP contribution >= 0.6 is 0 Å². The van der Waals surface area contributed by atoms with Crippen molar-refractivity contribution in [3.05, 3.63) is 60.9 Å². The molecule has 3 heterocycles. The molecule has 0 unspecified atom stereocenters. The number of hydrogen-bond acceptors (Lipinski definition) is 16. The summed E-state index contributed by atoms with van der Waals surface area (Å²) in [6.07, 6.45) is 5.22. The van der Waals surface area contributed by atoms with Gasteiger partial charge in [-0.15, -0.1) is 0 Å². The van der Waals surface area contributed by atoms with E-state index >= 15 is 0 Å². The molecule has 0 bridgehead atoms. The van der Waals surface area contributed by atoms with Gasteiger partial charge in [0.1, 0.15) is 11.6 Å². The van der Waals surface area contributed by atoms with Crippen molar-refractivity contribution in [2.75, 3.05) is 84.6 Å². The average Bonchev–Trinajstić information content (AvgIpc) is 3.30. The molecule has 18 heteroatoms. The number of benzene rings is 2. The van der Waals surface area contributed by atoms with Crippen LogP contribution in [0.2, 0.25) is 0 Å². The van der Waals surface area contributed by atoms with Crippen LogP contribution in [0.4, 0.5) is 11.6 Å². The largest absolute Gasteiger partial charge is 0.493 e. The van der Waals surface area contributed by atoms with E-state index in [2.05, 4.69) is 9.97 Å². The number of hydrogen-bond donors (Lipinski definition) is 0. The zero-order valence-electron chi connectivity index (χ0n) is 30.6. The van der Waals surface area contributed by atoms with Crippen molar-refractivity contribution in [1.29, 1.82) is 0 Å². The van der Waals surface area contributed by atoms with E-state index in [9.17, 15) is 16.8 Å². The van der Waals surface area contributed by atoms with Crippen molar-refractivity contribution in [2.24, 2.45) is 0 Å². The first-order chi connectivity index (χ1) is 25.2. The van der Waals surface area contributed by atoms with Crippen molar-refractivity contribution < 1.29 is 53.6 Å². The number of rotatable bonds is 14. The van der Waals surface area contributed by atoms with Crippen LogP contribution in [0.1, 0.15) is 6.42 Å². The van der Waals surface area contributed by atoms with Crippen LogP contribution < -0.4 is 38.2 Å². The van der Waals surface area contributed by atoms with E-state index in [1.165, 1.54) is 47.6 Å². The standard InChI is InChI=1S/C35H42N4O12S2/c1-44-27-16-25(17-28(45-2)33(27)48-5)23-10-12-31(36-20-23)38-14-9-15-39(35(22-38,50-52(7,40)41)51-53(8,42)43)32-13-11-24(21-37-32)26-18-29(46-3)34(49-6)30(19-26)47-4/h10-13,16-21H,9,14-15,22H2,1-8H3. The molecule has 0 radical (unpaired) electrons. The number of aromatic nitrogens is 2. The molecule has 1 aliphatic heterocycles. The summed E-state index contributed by atoms with van der Waals surface area (Å²) >= 11 is 0. The van der Waals surface area contributed by atoms with E-state index in [0.29, 0.717) is 70.0 Å². The van der Waals surface area contributed by atoms with Gasteiger partial charge in [-0.1, -0.05) is 0 Å². The van der Waals surface area contributed by atoms with E-state index < -0.39 is 26.1 Å². The molecule has 286 valence electrons. The summed E-state index contributed by atoms with van der Waals surface area (Å²) in [5.74, 6) is 0.855. The maximum Gasteiger partial charge on any atom is 0.301 e. The second-order valence-electron chi connectivity index (χ2n) is 11.9. The summed E-state index contributed by atoms with van der Waals surface area (Å²) in [6, 6.07) is 14.0. The fourth-order valence-corrected chi connectivity index (χ4v) is 7.41. The molecule has 0 N–H and O–H groups in total. The summed E-state index contributed by atoms with van der Waals surface area (Å²) in [7, 11) is 0.417. The molecule has 1 aliphatic rings. The highest BCUT2D eigenvalue weighted by Crippen LogP contribution is 2.43. The minimum absolute atomic E-state index is 0.0988. The molecule has 5 rings (SSSR count). The lowest BCUT2D eigenvalue weighted by Crippen LogP contribution is -2.60. The molecule has 4 aromatic rings. The van der Waals surface area contributed by atoms with E-state index in [-0.39, 0.29) is 18.9 Å². The third-order valence-corrected chi connectivity index (χ3v) is 9.39. The van der Waals surface area contributed by atoms with Gasteiger partial charge in [0.05, 0.1) is 61.7 Å². The predicted molar refractivity (Wildman–Crippen MR) is 197 cm³/mol. The van der Waals surface area contributed by atoms with Crippen LogP contribution in [0.3, 0.4) is 0 Å². The number of pyridine rings is 2. The van der Waals surface area contributed by atoms with Gasteiger partial charge in [0, 0.05) is 36.6 Å². The minimum atomic E-state index is -4.33. The zero-order chi connectivity index (χ0) is 38.6. The van der Waals surface area contributed by atoms with Crippen LogP contribution in [0.15, 0.2) is 60.9 Å². The van der Waals surface area contributed by atoms with Crippen molar-refractivity contribution >= 4 is 31.9 Å². The van der Waals surface area contributed by atoms with Gasteiger partial charge >= 0.3 is 5.91 Å². The van der Waals surface area contributed by atoms with Crippen LogP contribution in [-0.2, 0) is 28.6 Å². The molecule has 0 spiro atoms. The Morgan fingerprint density at radius 3 is 1.32 bits per heavy atom. The Morgan fingerprint density at radius 2 is 0.981 bits per heavy atom. The van der Waals surface area contributed by atoms with Gasteiger partial charge < -0.3 is 38.2 Å². The number of methoxy groups -OCH3 is 6. The summed E-state index contributed by atoms with van der Waals surface area (Å²) in [5, 5.41) is 0. The van der Waals surface area contributed by atoms with E-state index in [4.69, 9.17) is 36.8 Å². The molecule has 53 heavy (non-hydrogen) atoms. The number of anilines is 2. The highest BCUT2D eigenvalue weighted by molar-refractivity contribution is 7.86. The molecule has 2 aromatic heterocycles. The first-order valence-corrected chi connectivity index (χ1v) is 19.7. The molecular weight excluding hydrogens is 733 g/mol. The highest BCUT2D eigenvalue weighted by atomic mass is 32.2. The number of ether oxygens (including phenoxy) is 6. The molecule has 0 atom stereocenters. The minimum Gasteiger partial charge on any atom is -0.493 e. The maximum atomic E-state index is 12.8. The Hall–Kier alpha value is -5.04. The van der Waals surface area contributed by atoms with Crippen LogP contribution in [0, 0.1) is 0 Å². The molecular formula is C35H42N4O12S2. The van der Waals surface area contributed by atoms with Crippen molar-refractivity contribution in [3.63, 3.8) is 0 Å². The van der Waals surface area contributed by atoms with Gasteiger partial charge in [0.25, 0.3) is 20.2 Å². The smallest absolute Gasteiger partial charge is 0.301 e. The Morgan fingerprint density at radius 1 is 0.566 bits per heavy atom. The quantitative estimate of drug-likeness (QED) is 0.132. The first-order valence-electron chi connectivity index (χ1n) is 16.0. The molecule has 0 aliphatic carbocycles. The second-order valence-corrected chi connectivity index (χ2v) is 15.0. The van der Waals surface area contributed by atoms with E-state index in [1.807, 2.05) is 6.07 Å². The molecule has 16 nitrogen and oxygen atoms in total. The van der Waals surface area contributed by atoms with Gasteiger partial charge in [-0.25, -0.2) is 18.3 Å². The normalized spacial score (nSPS) is 14.6. The van der Waals surface area contributed by atoms with E-state index in [0.717, 1.165) is 18.1 Å². The van der Waals surface area contributed by atoms with Crippen LogP contribution in [0.25, 0.3) is 22.3 Å². The monoisotopic (exact) mass is 774 g/mol. The van der Waals surface area contributed by atoms with Crippen LogP contribution in [-0.4, -0.2) is 108 Å². The summed E-state index contributed by atoms with van der Waals surface area (Å²) in [5.41, 5.74) is 2.79. The Kier molecular flexibility index (Phi) is 11.8. The third kappa shape index (κ3) is 8.78. The van der Waals surface area contributed by atoms with Crippen LogP contribution in [0.5, 0.6) is 34.5 Å². The summed E-state index contributed by atoms with van der Waals surface area (Å²) < 4.78 is 95.4. The lowest BCUT2D eigenvalue weighted by Gasteiger charge is -2.41. The van der Waals surface area contributed by atoms with Gasteiger partial charge in [0.2, 0.25) is 11.5 Å². The van der Waals surface area contributed by atoms with Crippen molar-refractivity contribution in [3.8, 4) is 56.8 Å². The lowest BCUT2D eigenvalue weighted by molar-refractivity contribution is -0.0948. The molecule has 1 saturated heterocycles. The zero-order valence-corrected chi connectivity index (χ0v) is 32.2. The van der Waals surface area contributed by atoms with Gasteiger partial charge in [0.15, 0.2) is 23.0 Å². The number of nitrogens with zero attached hydrogens (tertiary/aromatic N) is 4. The summed E-state index contributed by atoms with van der Waals surface area (Å²) in [4.78, 5) is 12.3. The van der Waals surface area contributed by atoms with Crippen molar-refractivity contribution in [1.82, 2.24) is 9.97 Å². The third-order valence-electron chi connectivity index (χ3n) is 8.27. The lowest BCUT2D eigenvalue weighted by atomic mass is 10.1. The Bertz CT molecular complexity index is 2050. The summed E-state index contributed by atoms with van der Waals surface area (Å²) in [6.45, 7) is 0.0418. The van der Waals surface area contributed by atoms with Gasteiger partial charge in [-0.2, -0.15) is 16.8 Å². The molecule has 0 amide bonds. The van der Waals surface area contributed by atoms with Gasteiger partial charge in [-0.05, 0) is 66.1 Å².